The van der Waals surface area contributed by atoms with Crippen molar-refractivity contribution >= 4 is 11.3 Å². The molecular formula is C9H11N3S. The van der Waals surface area contributed by atoms with E-state index in [1.54, 1.807) is 17.5 Å². The monoisotopic (exact) mass is 193 g/mol. The number of nitrogens with two attached hydrogens (primary N) is 1. The van der Waals surface area contributed by atoms with Crippen LogP contribution < -0.4 is 5.73 Å². The molecule has 2 N–H and O–H groups in total. The van der Waals surface area contributed by atoms with Crippen molar-refractivity contribution in [3.8, 4) is 5.13 Å². The van der Waals surface area contributed by atoms with Crippen LogP contribution in [0.1, 0.15) is 11.4 Å². The molecule has 0 aliphatic carbocycles. The molecule has 0 aliphatic rings. The average molecular weight is 193 g/mol. The Bertz CT molecular complexity index is 389. The molecule has 0 fully saturated rings. The SMILES string of the molecule is Cc1ccc(CN)n1-c1nccs1. The number of hydrogen-bond donors (Lipinski definition) is 1. The van der Waals surface area contributed by atoms with Crippen LogP contribution in [0.4, 0.5) is 0 Å². The van der Waals surface area contributed by atoms with Gasteiger partial charge in [0.2, 0.25) is 0 Å². The summed E-state index contributed by atoms with van der Waals surface area (Å²) in [6, 6.07) is 4.10. The zero-order valence-corrected chi connectivity index (χ0v) is 8.21. The number of rotatable bonds is 2. The molecule has 0 unspecified atom stereocenters. The van der Waals surface area contributed by atoms with Crippen LogP contribution in [0.25, 0.3) is 5.13 Å². The first-order chi connectivity index (χ1) is 6.33. The highest BCUT2D eigenvalue weighted by Crippen LogP contribution is 2.18. The molecule has 0 atom stereocenters. The predicted octanol–water partition coefficient (Wildman–Crippen LogP) is 1.70. The molecule has 0 amide bonds. The van der Waals surface area contributed by atoms with Gasteiger partial charge in [-0.3, -0.25) is 4.57 Å². The molecule has 0 spiro atoms. The second-order valence-electron chi connectivity index (χ2n) is 2.82. The Morgan fingerprint density at radius 2 is 2.38 bits per heavy atom. The van der Waals surface area contributed by atoms with E-state index < -0.39 is 0 Å². The van der Waals surface area contributed by atoms with Gasteiger partial charge in [0, 0.05) is 29.5 Å². The van der Waals surface area contributed by atoms with Crippen LogP contribution in [0, 0.1) is 6.92 Å². The van der Waals surface area contributed by atoms with Crippen molar-refractivity contribution in [3.63, 3.8) is 0 Å². The highest BCUT2D eigenvalue weighted by Gasteiger charge is 2.06. The summed E-state index contributed by atoms with van der Waals surface area (Å²) in [5.41, 5.74) is 7.91. The molecule has 3 nitrogen and oxygen atoms in total. The van der Waals surface area contributed by atoms with Gasteiger partial charge in [-0.1, -0.05) is 0 Å². The Balaban J connectivity index is 2.55. The quantitative estimate of drug-likeness (QED) is 0.789. The lowest BCUT2D eigenvalue weighted by Gasteiger charge is -2.05. The van der Waals surface area contributed by atoms with Crippen molar-refractivity contribution in [1.82, 2.24) is 9.55 Å². The Kier molecular flexibility index (Phi) is 2.16. The molecular weight excluding hydrogens is 182 g/mol. The first-order valence-corrected chi connectivity index (χ1v) is 4.98. The van der Waals surface area contributed by atoms with Crippen LogP contribution in [0.2, 0.25) is 0 Å². The molecule has 0 radical (unpaired) electrons. The van der Waals surface area contributed by atoms with Crippen molar-refractivity contribution < 1.29 is 0 Å². The lowest BCUT2D eigenvalue weighted by molar-refractivity contribution is 0.878. The van der Waals surface area contributed by atoms with Gasteiger partial charge in [-0.05, 0) is 19.1 Å². The van der Waals surface area contributed by atoms with E-state index in [1.165, 1.54) is 5.69 Å². The van der Waals surface area contributed by atoms with Crippen LogP contribution in [-0.2, 0) is 6.54 Å². The molecule has 0 saturated heterocycles. The van der Waals surface area contributed by atoms with Gasteiger partial charge in [-0.2, -0.15) is 0 Å². The smallest absolute Gasteiger partial charge is 0.193 e. The lowest BCUT2D eigenvalue weighted by atomic mass is 10.4. The van der Waals surface area contributed by atoms with Crippen LogP contribution in [0.15, 0.2) is 23.7 Å². The van der Waals surface area contributed by atoms with Crippen molar-refractivity contribution in [1.29, 1.82) is 0 Å². The number of aryl methyl sites for hydroxylation is 1. The average Bonchev–Trinajstić information content (AvgIpc) is 2.72. The molecule has 68 valence electrons. The maximum Gasteiger partial charge on any atom is 0.193 e. The van der Waals surface area contributed by atoms with E-state index >= 15 is 0 Å². The molecule has 13 heavy (non-hydrogen) atoms. The fraction of sp³-hybridized carbons (Fsp3) is 0.222. The third-order valence-electron chi connectivity index (χ3n) is 1.98. The molecule has 2 rings (SSSR count). The maximum absolute atomic E-state index is 5.63. The van der Waals surface area contributed by atoms with Crippen LogP contribution in [-0.4, -0.2) is 9.55 Å². The van der Waals surface area contributed by atoms with Gasteiger partial charge in [-0.25, -0.2) is 4.98 Å². The molecule has 0 aromatic carbocycles. The van der Waals surface area contributed by atoms with Crippen LogP contribution in [0.3, 0.4) is 0 Å². The van der Waals surface area contributed by atoms with Gasteiger partial charge < -0.3 is 5.73 Å². The first kappa shape index (κ1) is 8.47. The Morgan fingerprint density at radius 3 is 3.00 bits per heavy atom. The summed E-state index contributed by atoms with van der Waals surface area (Å²) >= 11 is 1.62. The standard InChI is InChI=1S/C9H11N3S/c1-7-2-3-8(6-10)12(7)9-11-4-5-13-9/h2-5H,6,10H2,1H3. The minimum Gasteiger partial charge on any atom is -0.325 e. The van der Waals surface area contributed by atoms with Crippen molar-refractivity contribution in [2.24, 2.45) is 5.73 Å². The molecule has 2 aromatic rings. The van der Waals surface area contributed by atoms with Gasteiger partial charge in [-0.15, -0.1) is 11.3 Å². The third kappa shape index (κ3) is 1.38. The highest BCUT2D eigenvalue weighted by atomic mass is 32.1. The van der Waals surface area contributed by atoms with Crippen LogP contribution in [0.5, 0.6) is 0 Å². The Morgan fingerprint density at radius 1 is 1.54 bits per heavy atom. The van der Waals surface area contributed by atoms with E-state index in [2.05, 4.69) is 22.5 Å². The summed E-state index contributed by atoms with van der Waals surface area (Å²) in [6.45, 7) is 2.61. The molecule has 0 bridgehead atoms. The zero-order valence-electron chi connectivity index (χ0n) is 7.40. The zero-order chi connectivity index (χ0) is 9.26. The van der Waals surface area contributed by atoms with E-state index in [1.807, 2.05) is 11.4 Å². The Hall–Kier alpha value is -1.13. The molecule has 0 aliphatic heterocycles. The molecule has 2 heterocycles. The summed E-state index contributed by atoms with van der Waals surface area (Å²) in [7, 11) is 0. The van der Waals surface area contributed by atoms with Gasteiger partial charge >= 0.3 is 0 Å². The number of thiazole rings is 1. The van der Waals surface area contributed by atoms with Crippen molar-refractivity contribution in [3.05, 3.63) is 35.1 Å². The largest absolute Gasteiger partial charge is 0.325 e. The lowest BCUT2D eigenvalue weighted by Crippen LogP contribution is -2.06. The van der Waals surface area contributed by atoms with Gasteiger partial charge in [0.25, 0.3) is 0 Å². The van der Waals surface area contributed by atoms with Crippen LogP contribution >= 0.6 is 11.3 Å². The van der Waals surface area contributed by atoms with Crippen molar-refractivity contribution in [2.45, 2.75) is 13.5 Å². The van der Waals surface area contributed by atoms with Gasteiger partial charge in [0.1, 0.15) is 0 Å². The summed E-state index contributed by atoms with van der Waals surface area (Å²) < 4.78 is 2.09. The fourth-order valence-corrected chi connectivity index (χ4v) is 2.08. The summed E-state index contributed by atoms with van der Waals surface area (Å²) in [5, 5.41) is 2.96. The van der Waals surface area contributed by atoms with E-state index in [0.29, 0.717) is 6.54 Å². The highest BCUT2D eigenvalue weighted by molar-refractivity contribution is 7.12. The second-order valence-corrected chi connectivity index (χ2v) is 3.69. The minimum absolute atomic E-state index is 0.549. The number of nitrogens with zero attached hydrogens (tertiary/aromatic N) is 2. The molecule has 4 heteroatoms. The predicted molar refractivity (Wildman–Crippen MR) is 54.1 cm³/mol. The molecule has 0 saturated carbocycles. The van der Waals surface area contributed by atoms with Gasteiger partial charge in [0.05, 0.1) is 0 Å². The summed E-state index contributed by atoms with van der Waals surface area (Å²) in [6.07, 6.45) is 1.81. The topological polar surface area (TPSA) is 43.8 Å². The van der Waals surface area contributed by atoms with Crippen molar-refractivity contribution in [2.75, 3.05) is 0 Å². The summed E-state index contributed by atoms with van der Waals surface area (Å²) in [5.74, 6) is 0. The Labute approximate surface area is 80.8 Å². The van der Waals surface area contributed by atoms with E-state index in [9.17, 15) is 0 Å². The maximum atomic E-state index is 5.63. The normalized spacial score (nSPS) is 10.6. The number of aromatic nitrogens is 2. The molecule has 2 aromatic heterocycles. The second kappa shape index (κ2) is 3.32. The first-order valence-electron chi connectivity index (χ1n) is 4.10. The van der Waals surface area contributed by atoms with E-state index in [-0.39, 0.29) is 0 Å². The third-order valence-corrected chi connectivity index (χ3v) is 2.73. The van der Waals surface area contributed by atoms with Gasteiger partial charge in [0.15, 0.2) is 5.13 Å². The van der Waals surface area contributed by atoms with E-state index in [4.69, 9.17) is 5.73 Å². The fourth-order valence-electron chi connectivity index (χ4n) is 1.35. The van der Waals surface area contributed by atoms with E-state index in [0.717, 1.165) is 10.8 Å². The number of hydrogen-bond acceptors (Lipinski definition) is 3. The minimum atomic E-state index is 0.549. The summed E-state index contributed by atoms with van der Waals surface area (Å²) in [4.78, 5) is 4.25.